The fourth-order valence-corrected chi connectivity index (χ4v) is 6.20. The minimum absolute atomic E-state index is 0.0645. The van der Waals surface area contributed by atoms with Crippen molar-refractivity contribution in [2.45, 2.75) is 70.2 Å². The Kier molecular flexibility index (Phi) is 5.13. The van der Waals surface area contributed by atoms with Crippen molar-refractivity contribution in [3.8, 4) is 10.6 Å². The summed E-state index contributed by atoms with van der Waals surface area (Å²) in [5, 5.41) is 7.29. The summed E-state index contributed by atoms with van der Waals surface area (Å²) < 4.78 is 28.6. The third kappa shape index (κ3) is 3.58. The average molecular weight is 368 g/mol. The first-order chi connectivity index (χ1) is 11.4. The molecule has 1 fully saturated rings. The lowest BCUT2D eigenvalue weighted by molar-refractivity contribution is 0.510. The number of aryl methyl sites for hydroxylation is 2. The van der Waals surface area contributed by atoms with E-state index in [0.717, 1.165) is 52.4 Å². The summed E-state index contributed by atoms with van der Waals surface area (Å²) in [5.74, 6) is 0. The maximum absolute atomic E-state index is 12.8. The summed E-state index contributed by atoms with van der Waals surface area (Å²) in [6.45, 7) is 5.84. The van der Waals surface area contributed by atoms with E-state index in [-0.39, 0.29) is 6.04 Å². The lowest BCUT2D eigenvalue weighted by Crippen LogP contribution is -2.34. The van der Waals surface area contributed by atoms with E-state index in [0.29, 0.717) is 4.90 Å². The number of aromatic nitrogens is 2. The fourth-order valence-electron chi connectivity index (χ4n) is 3.25. The van der Waals surface area contributed by atoms with Crippen LogP contribution in [-0.4, -0.2) is 24.7 Å². The zero-order chi connectivity index (χ0) is 17.3. The molecular weight excluding hydrogens is 342 g/mol. The highest BCUT2D eigenvalue weighted by atomic mass is 32.2. The van der Waals surface area contributed by atoms with Crippen LogP contribution in [-0.2, 0) is 10.0 Å². The number of hydrogen-bond acceptors (Lipinski definition) is 4. The number of nitrogens with zero attached hydrogens (tertiary/aromatic N) is 1. The van der Waals surface area contributed by atoms with Crippen molar-refractivity contribution in [1.29, 1.82) is 0 Å². The predicted octanol–water partition coefficient (Wildman–Crippen LogP) is 4.06. The molecule has 24 heavy (non-hydrogen) atoms. The molecule has 0 bridgehead atoms. The predicted molar refractivity (Wildman–Crippen MR) is 97.9 cm³/mol. The summed E-state index contributed by atoms with van der Waals surface area (Å²) in [4.78, 5) is 2.11. The lowest BCUT2D eigenvalue weighted by Gasteiger charge is -2.16. The van der Waals surface area contributed by atoms with Gasteiger partial charge in [-0.05, 0) is 45.2 Å². The first kappa shape index (κ1) is 17.6. The molecule has 1 aliphatic rings. The van der Waals surface area contributed by atoms with Gasteiger partial charge in [0.05, 0.1) is 9.77 Å². The quantitative estimate of drug-likeness (QED) is 0.800. The first-order valence-electron chi connectivity index (χ1n) is 8.53. The monoisotopic (exact) mass is 367 g/mol. The van der Waals surface area contributed by atoms with Crippen LogP contribution >= 0.6 is 11.3 Å². The smallest absolute Gasteiger partial charge is 0.241 e. The lowest BCUT2D eigenvalue weighted by atomic mass is 10.1. The van der Waals surface area contributed by atoms with Crippen LogP contribution in [0.25, 0.3) is 10.6 Å². The van der Waals surface area contributed by atoms with Crippen molar-refractivity contribution in [1.82, 2.24) is 14.9 Å². The average Bonchev–Trinajstić information content (AvgIpc) is 2.95. The van der Waals surface area contributed by atoms with Gasteiger partial charge in [-0.3, -0.25) is 5.10 Å². The van der Waals surface area contributed by atoms with Crippen LogP contribution in [0.4, 0.5) is 0 Å². The molecule has 0 amide bonds. The second kappa shape index (κ2) is 6.98. The van der Waals surface area contributed by atoms with E-state index in [9.17, 15) is 8.42 Å². The second-order valence-electron chi connectivity index (χ2n) is 6.66. The molecule has 0 saturated heterocycles. The Labute approximate surface area is 147 Å². The van der Waals surface area contributed by atoms with Crippen LogP contribution in [0.1, 0.15) is 54.7 Å². The molecule has 0 atom stereocenters. The van der Waals surface area contributed by atoms with Gasteiger partial charge in [0.25, 0.3) is 0 Å². The van der Waals surface area contributed by atoms with Gasteiger partial charge in [0.2, 0.25) is 10.0 Å². The molecular formula is C17H25N3O2S2. The Morgan fingerprint density at radius 3 is 2.42 bits per heavy atom. The van der Waals surface area contributed by atoms with Gasteiger partial charge in [0, 0.05) is 16.6 Å². The molecule has 2 aromatic heterocycles. The van der Waals surface area contributed by atoms with E-state index in [4.69, 9.17) is 0 Å². The first-order valence-corrected chi connectivity index (χ1v) is 10.8. The number of sulfonamides is 1. The van der Waals surface area contributed by atoms with Gasteiger partial charge in [-0.25, -0.2) is 13.1 Å². The molecule has 3 rings (SSSR count). The number of thiophene rings is 1. The Bertz CT molecular complexity index is 813. The zero-order valence-corrected chi connectivity index (χ0v) is 16.1. The molecule has 0 aromatic carbocycles. The van der Waals surface area contributed by atoms with Gasteiger partial charge in [-0.15, -0.1) is 11.3 Å². The van der Waals surface area contributed by atoms with E-state index >= 15 is 0 Å². The molecule has 1 saturated carbocycles. The fraction of sp³-hybridized carbons (Fsp3) is 0.588. The van der Waals surface area contributed by atoms with Gasteiger partial charge < -0.3 is 0 Å². The number of H-pyrrole nitrogens is 1. The Balaban J connectivity index is 1.87. The Morgan fingerprint density at radius 2 is 1.83 bits per heavy atom. The highest BCUT2D eigenvalue weighted by Gasteiger charge is 2.25. The molecule has 0 aliphatic heterocycles. The number of aromatic amines is 1. The van der Waals surface area contributed by atoms with E-state index < -0.39 is 10.0 Å². The summed E-state index contributed by atoms with van der Waals surface area (Å²) in [7, 11) is -3.48. The normalized spacial score (nSPS) is 17.1. The largest absolute Gasteiger partial charge is 0.282 e. The van der Waals surface area contributed by atoms with Crippen LogP contribution in [0, 0.1) is 20.8 Å². The van der Waals surface area contributed by atoms with E-state index in [1.54, 1.807) is 6.07 Å². The summed E-state index contributed by atoms with van der Waals surface area (Å²) >= 11 is 1.49. The van der Waals surface area contributed by atoms with E-state index in [1.807, 2.05) is 20.8 Å². The Hall–Kier alpha value is -1.18. The highest BCUT2D eigenvalue weighted by Crippen LogP contribution is 2.35. The number of nitrogens with one attached hydrogen (secondary N) is 2. The number of rotatable bonds is 4. The van der Waals surface area contributed by atoms with Crippen LogP contribution in [0.3, 0.4) is 0 Å². The molecule has 2 aromatic rings. The van der Waals surface area contributed by atoms with Crippen molar-refractivity contribution >= 4 is 21.4 Å². The van der Waals surface area contributed by atoms with E-state index in [1.165, 1.54) is 24.2 Å². The zero-order valence-electron chi connectivity index (χ0n) is 14.5. The van der Waals surface area contributed by atoms with Crippen molar-refractivity contribution < 1.29 is 8.42 Å². The van der Waals surface area contributed by atoms with Crippen molar-refractivity contribution in [2.75, 3.05) is 0 Å². The van der Waals surface area contributed by atoms with Crippen molar-refractivity contribution in [3.05, 3.63) is 22.2 Å². The third-order valence-electron chi connectivity index (χ3n) is 4.83. The van der Waals surface area contributed by atoms with Crippen LogP contribution < -0.4 is 4.72 Å². The van der Waals surface area contributed by atoms with E-state index in [2.05, 4.69) is 14.9 Å². The van der Waals surface area contributed by atoms with Crippen LogP contribution in [0.5, 0.6) is 0 Å². The summed E-state index contributed by atoms with van der Waals surface area (Å²) in [5.41, 5.74) is 2.92. The van der Waals surface area contributed by atoms with Gasteiger partial charge in [0.15, 0.2) is 0 Å². The summed E-state index contributed by atoms with van der Waals surface area (Å²) in [6, 6.07) is 1.83. The Morgan fingerprint density at radius 1 is 1.17 bits per heavy atom. The molecule has 0 spiro atoms. The van der Waals surface area contributed by atoms with Crippen LogP contribution in [0.2, 0.25) is 0 Å². The van der Waals surface area contributed by atoms with Gasteiger partial charge in [-0.2, -0.15) is 5.10 Å². The minimum Gasteiger partial charge on any atom is -0.282 e. The van der Waals surface area contributed by atoms with Gasteiger partial charge in [0.1, 0.15) is 5.69 Å². The molecule has 132 valence electrons. The molecule has 2 N–H and O–H groups in total. The highest BCUT2D eigenvalue weighted by molar-refractivity contribution is 7.89. The third-order valence-corrected chi connectivity index (χ3v) is 7.66. The van der Waals surface area contributed by atoms with Crippen molar-refractivity contribution in [2.24, 2.45) is 0 Å². The van der Waals surface area contributed by atoms with Crippen LogP contribution in [0.15, 0.2) is 11.0 Å². The maximum atomic E-state index is 12.8. The molecule has 0 radical (unpaired) electrons. The van der Waals surface area contributed by atoms with Gasteiger partial charge >= 0.3 is 0 Å². The minimum atomic E-state index is -3.48. The molecule has 2 heterocycles. The second-order valence-corrected chi connectivity index (χ2v) is 9.60. The molecule has 0 unspecified atom stereocenters. The number of hydrogen-bond donors (Lipinski definition) is 2. The topological polar surface area (TPSA) is 74.8 Å². The molecule has 5 nitrogen and oxygen atoms in total. The summed E-state index contributed by atoms with van der Waals surface area (Å²) in [6.07, 6.45) is 6.49. The van der Waals surface area contributed by atoms with Crippen molar-refractivity contribution in [3.63, 3.8) is 0 Å². The SMILES string of the molecule is Cc1[nH]nc(-c2cc(S(=O)(=O)NC3CCCCCC3)c(C)s2)c1C. The van der Waals surface area contributed by atoms with Gasteiger partial charge in [-0.1, -0.05) is 25.7 Å². The molecule has 1 aliphatic carbocycles. The molecule has 7 heteroatoms. The maximum Gasteiger partial charge on any atom is 0.241 e. The standard InChI is InChI=1S/C17H25N3O2S2/c1-11-12(2)18-19-17(11)15-10-16(13(3)23-15)24(21,22)20-14-8-6-4-5-7-9-14/h10,14,20H,4-9H2,1-3H3,(H,18,19).